The van der Waals surface area contributed by atoms with Gasteiger partial charge in [-0.1, -0.05) is 24.3 Å². The fraction of sp³-hybridized carbons (Fsp3) is 0.316. The molecule has 0 aliphatic rings. The monoisotopic (exact) mass is 473 g/mol. The molecule has 0 saturated heterocycles. The number of rotatable bonds is 7. The van der Waals surface area contributed by atoms with Crippen molar-refractivity contribution in [3.8, 4) is 11.5 Å². The second kappa shape index (κ2) is 11.6. The van der Waals surface area contributed by atoms with Gasteiger partial charge in [-0.3, -0.25) is 0 Å². The minimum atomic E-state index is -0.366. The van der Waals surface area contributed by atoms with Crippen LogP contribution in [-0.4, -0.2) is 42.7 Å². The average molecular weight is 473 g/mol. The lowest BCUT2D eigenvalue weighted by atomic mass is 10.2. The van der Waals surface area contributed by atoms with E-state index in [1.54, 1.807) is 36.4 Å². The Balaban J connectivity index is 0.00000338. The van der Waals surface area contributed by atoms with E-state index in [0.717, 1.165) is 18.1 Å². The molecular formula is C19H25FIN3O2. The number of hydrogen-bond donors (Lipinski definition) is 2. The summed E-state index contributed by atoms with van der Waals surface area (Å²) in [5, 5.41) is 12.7. The number of hydrogen-bond acceptors (Lipinski definition) is 3. The van der Waals surface area contributed by atoms with Crippen LogP contribution in [0.25, 0.3) is 0 Å². The van der Waals surface area contributed by atoms with Gasteiger partial charge in [0.25, 0.3) is 0 Å². The highest BCUT2D eigenvalue weighted by Gasteiger charge is 2.07. The first-order valence-electron chi connectivity index (χ1n) is 8.25. The molecule has 0 spiro atoms. The quantitative estimate of drug-likeness (QED) is 0.367. The number of nitrogens with one attached hydrogen (secondary N) is 1. The first-order valence-corrected chi connectivity index (χ1v) is 8.25. The van der Waals surface area contributed by atoms with Crippen molar-refractivity contribution in [2.45, 2.75) is 13.5 Å². The van der Waals surface area contributed by atoms with Crippen LogP contribution in [0.2, 0.25) is 0 Å². The Morgan fingerprint density at radius 3 is 2.69 bits per heavy atom. The largest absolute Gasteiger partial charge is 0.508 e. The molecule has 0 amide bonds. The van der Waals surface area contributed by atoms with E-state index in [4.69, 9.17) is 4.74 Å². The molecule has 0 aromatic heterocycles. The van der Waals surface area contributed by atoms with Gasteiger partial charge in [0.2, 0.25) is 0 Å². The van der Waals surface area contributed by atoms with Gasteiger partial charge in [0.1, 0.15) is 12.4 Å². The molecule has 7 heteroatoms. The lowest BCUT2D eigenvalue weighted by Gasteiger charge is -2.22. The lowest BCUT2D eigenvalue weighted by Crippen LogP contribution is -2.40. The number of phenols is 1. The molecule has 0 fully saturated rings. The summed E-state index contributed by atoms with van der Waals surface area (Å²) in [6.45, 7) is 4.08. The molecule has 2 N–H and O–H groups in total. The molecular weight excluding hydrogens is 448 g/mol. The van der Waals surface area contributed by atoms with Crippen molar-refractivity contribution >= 4 is 29.9 Å². The van der Waals surface area contributed by atoms with Crippen molar-refractivity contribution in [2.24, 2.45) is 4.99 Å². The number of aliphatic imine (C=N–C) groups is 1. The summed E-state index contributed by atoms with van der Waals surface area (Å²) in [4.78, 5) is 6.48. The Hall–Kier alpha value is -2.03. The second-order valence-corrected chi connectivity index (χ2v) is 5.54. The van der Waals surface area contributed by atoms with Crippen LogP contribution < -0.4 is 10.1 Å². The third kappa shape index (κ3) is 7.07. The number of likely N-dealkylation sites (N-methyl/N-ethyl adjacent to an activating group) is 1. The highest BCUT2D eigenvalue weighted by molar-refractivity contribution is 14.0. The van der Waals surface area contributed by atoms with Gasteiger partial charge in [-0.05, 0) is 36.8 Å². The number of benzene rings is 2. The third-order valence-corrected chi connectivity index (χ3v) is 3.54. The van der Waals surface area contributed by atoms with Crippen LogP contribution in [0, 0.1) is 5.82 Å². The summed E-state index contributed by atoms with van der Waals surface area (Å²) < 4.78 is 19.0. The Morgan fingerprint density at radius 2 is 2.00 bits per heavy atom. The van der Waals surface area contributed by atoms with E-state index in [-0.39, 0.29) is 41.3 Å². The molecule has 0 heterocycles. The summed E-state index contributed by atoms with van der Waals surface area (Å²) in [5.41, 5.74) is 0.923. The van der Waals surface area contributed by atoms with Crippen LogP contribution in [0.3, 0.4) is 0 Å². The molecule has 0 radical (unpaired) electrons. The number of nitrogens with zero attached hydrogens (tertiary/aromatic N) is 2. The van der Waals surface area contributed by atoms with Gasteiger partial charge < -0.3 is 20.1 Å². The average Bonchev–Trinajstić information content (AvgIpc) is 2.60. The van der Waals surface area contributed by atoms with Gasteiger partial charge in [-0.15, -0.1) is 24.0 Å². The Kier molecular flexibility index (Phi) is 9.79. The first-order chi connectivity index (χ1) is 12.1. The van der Waals surface area contributed by atoms with Crippen LogP contribution in [0.4, 0.5) is 4.39 Å². The zero-order chi connectivity index (χ0) is 18.1. The molecule has 0 bridgehead atoms. The fourth-order valence-electron chi connectivity index (χ4n) is 2.25. The third-order valence-electron chi connectivity index (χ3n) is 3.54. The van der Waals surface area contributed by atoms with Crippen molar-refractivity contribution in [2.75, 3.05) is 26.7 Å². The van der Waals surface area contributed by atoms with Crippen molar-refractivity contribution in [1.29, 1.82) is 0 Å². The van der Waals surface area contributed by atoms with Gasteiger partial charge in [0.05, 0.1) is 13.1 Å². The number of guanidine groups is 1. The number of halogens is 2. The zero-order valence-corrected chi connectivity index (χ0v) is 17.3. The van der Waals surface area contributed by atoms with Crippen molar-refractivity contribution < 1.29 is 14.2 Å². The normalized spacial score (nSPS) is 10.8. The highest BCUT2D eigenvalue weighted by Crippen LogP contribution is 2.15. The molecule has 142 valence electrons. The second-order valence-electron chi connectivity index (χ2n) is 5.54. The topological polar surface area (TPSA) is 57.1 Å². The van der Waals surface area contributed by atoms with Crippen molar-refractivity contribution in [3.63, 3.8) is 0 Å². The van der Waals surface area contributed by atoms with Gasteiger partial charge in [0.15, 0.2) is 17.5 Å². The molecule has 0 unspecified atom stereocenters. The van der Waals surface area contributed by atoms with Crippen molar-refractivity contribution in [1.82, 2.24) is 10.2 Å². The zero-order valence-electron chi connectivity index (χ0n) is 15.0. The maximum absolute atomic E-state index is 13.5. The van der Waals surface area contributed by atoms with E-state index in [2.05, 4.69) is 10.3 Å². The minimum Gasteiger partial charge on any atom is -0.508 e. The molecule has 2 aromatic rings. The Morgan fingerprint density at radius 1 is 1.23 bits per heavy atom. The number of ether oxygens (including phenoxy) is 1. The van der Waals surface area contributed by atoms with Crippen LogP contribution in [-0.2, 0) is 6.54 Å². The van der Waals surface area contributed by atoms with E-state index in [1.165, 1.54) is 6.07 Å². The summed E-state index contributed by atoms with van der Waals surface area (Å²) in [6.07, 6.45) is 0. The summed E-state index contributed by atoms with van der Waals surface area (Å²) >= 11 is 0. The van der Waals surface area contributed by atoms with E-state index >= 15 is 0 Å². The molecule has 2 aromatic carbocycles. The van der Waals surface area contributed by atoms with E-state index < -0.39 is 0 Å². The molecule has 2 rings (SSSR count). The predicted molar refractivity (Wildman–Crippen MR) is 113 cm³/mol. The van der Waals surface area contributed by atoms with Crippen LogP contribution in [0.15, 0.2) is 53.5 Å². The van der Waals surface area contributed by atoms with E-state index in [9.17, 15) is 9.50 Å². The Labute approximate surface area is 170 Å². The van der Waals surface area contributed by atoms with Crippen LogP contribution >= 0.6 is 24.0 Å². The molecule has 0 aliphatic carbocycles. The summed E-state index contributed by atoms with van der Waals surface area (Å²) in [7, 11) is 1.90. The van der Waals surface area contributed by atoms with Crippen LogP contribution in [0.5, 0.6) is 11.5 Å². The van der Waals surface area contributed by atoms with E-state index in [1.807, 2.05) is 24.9 Å². The standard InChI is InChI=1S/C19H24FN3O2.HI/c1-3-21-19(22-14-15-7-6-8-16(24)13-15)23(2)11-12-25-18-10-5-4-9-17(18)20;/h4-10,13,24H,3,11-12,14H2,1-2H3,(H,21,22);1H. The van der Waals surface area contributed by atoms with Crippen LogP contribution in [0.1, 0.15) is 12.5 Å². The fourth-order valence-corrected chi connectivity index (χ4v) is 2.25. The van der Waals surface area contributed by atoms with Gasteiger partial charge in [-0.25, -0.2) is 9.38 Å². The van der Waals surface area contributed by atoms with Gasteiger partial charge >= 0.3 is 0 Å². The molecule has 0 atom stereocenters. The maximum Gasteiger partial charge on any atom is 0.194 e. The first kappa shape index (κ1) is 22.0. The molecule has 26 heavy (non-hydrogen) atoms. The molecule has 5 nitrogen and oxygen atoms in total. The summed E-state index contributed by atoms with van der Waals surface area (Å²) in [5.74, 6) is 0.833. The van der Waals surface area contributed by atoms with Gasteiger partial charge in [-0.2, -0.15) is 0 Å². The highest BCUT2D eigenvalue weighted by atomic mass is 127. The molecule has 0 saturated carbocycles. The Bertz CT molecular complexity index is 713. The summed E-state index contributed by atoms with van der Waals surface area (Å²) in [6, 6.07) is 13.4. The van der Waals surface area contributed by atoms with Crippen molar-refractivity contribution in [3.05, 3.63) is 59.9 Å². The SMILES string of the molecule is CCNC(=NCc1cccc(O)c1)N(C)CCOc1ccccc1F.I. The maximum atomic E-state index is 13.5. The lowest BCUT2D eigenvalue weighted by molar-refractivity contribution is 0.270. The number of aromatic hydroxyl groups is 1. The smallest absolute Gasteiger partial charge is 0.194 e. The number of para-hydroxylation sites is 1. The van der Waals surface area contributed by atoms with E-state index in [0.29, 0.717) is 19.7 Å². The minimum absolute atomic E-state index is 0. The predicted octanol–water partition coefficient (Wildman–Crippen LogP) is 3.63. The number of phenolic OH excluding ortho intramolecular Hbond substituents is 1. The van der Waals surface area contributed by atoms with Gasteiger partial charge in [0, 0.05) is 13.6 Å². The molecule has 0 aliphatic heterocycles.